The average Bonchev–Trinajstić information content (AvgIpc) is 3.16. The quantitative estimate of drug-likeness (QED) is 0.868. The zero-order valence-corrected chi connectivity index (χ0v) is 12.2. The van der Waals surface area contributed by atoms with Crippen LogP contribution in [0, 0.1) is 5.92 Å². The Hall–Kier alpha value is -1.81. The lowest BCUT2D eigenvalue weighted by molar-refractivity contribution is -0.136. The van der Waals surface area contributed by atoms with Gasteiger partial charge in [0.05, 0.1) is 19.3 Å². The van der Waals surface area contributed by atoms with Crippen LogP contribution in [-0.4, -0.2) is 35.7 Å². The van der Waals surface area contributed by atoms with E-state index in [1.54, 1.807) is 7.11 Å². The second-order valence-electron chi connectivity index (χ2n) is 5.81. The summed E-state index contributed by atoms with van der Waals surface area (Å²) in [5.74, 6) is 0.983. The molecule has 2 aliphatic rings. The Morgan fingerprint density at radius 3 is 2.81 bits per heavy atom. The van der Waals surface area contributed by atoms with Crippen molar-refractivity contribution in [3.63, 3.8) is 0 Å². The van der Waals surface area contributed by atoms with Gasteiger partial charge in [0.25, 0.3) is 0 Å². The minimum atomic E-state index is -0.445. The van der Waals surface area contributed by atoms with E-state index in [1.807, 2.05) is 29.2 Å². The molecule has 2 atom stereocenters. The Labute approximate surface area is 125 Å². The molecular weight excluding hydrogens is 266 g/mol. The van der Waals surface area contributed by atoms with E-state index in [0.29, 0.717) is 13.0 Å². The molecule has 4 heteroatoms. The van der Waals surface area contributed by atoms with E-state index in [2.05, 4.69) is 12.2 Å². The maximum atomic E-state index is 12.7. The lowest BCUT2D eigenvalue weighted by Gasteiger charge is -2.27. The van der Waals surface area contributed by atoms with Gasteiger partial charge in [-0.15, -0.1) is 0 Å². The minimum Gasteiger partial charge on any atom is -0.497 e. The van der Waals surface area contributed by atoms with E-state index < -0.39 is 6.10 Å². The molecule has 1 N–H and O–H groups in total. The number of carbonyl (C=O) groups is 1. The number of allylic oxidation sites excluding steroid dienone is 2. The van der Waals surface area contributed by atoms with Crippen LogP contribution in [0.4, 0.5) is 0 Å². The molecule has 0 aromatic heterocycles. The van der Waals surface area contributed by atoms with Gasteiger partial charge in [0.1, 0.15) is 5.75 Å². The van der Waals surface area contributed by atoms with Crippen molar-refractivity contribution in [1.82, 2.24) is 4.90 Å². The van der Waals surface area contributed by atoms with Crippen molar-refractivity contribution in [3.05, 3.63) is 42.0 Å². The zero-order valence-electron chi connectivity index (χ0n) is 12.2. The Kier molecular flexibility index (Phi) is 3.97. The van der Waals surface area contributed by atoms with Crippen LogP contribution in [0.2, 0.25) is 0 Å². The summed E-state index contributed by atoms with van der Waals surface area (Å²) in [6, 6.07) is 7.72. The summed E-state index contributed by atoms with van der Waals surface area (Å²) in [5, 5.41) is 10.0. The Bertz CT molecular complexity index is 547. The highest BCUT2D eigenvalue weighted by Gasteiger charge is 2.38. The van der Waals surface area contributed by atoms with E-state index in [4.69, 9.17) is 4.74 Å². The van der Waals surface area contributed by atoms with Crippen LogP contribution in [0.1, 0.15) is 30.9 Å². The second-order valence-corrected chi connectivity index (χ2v) is 5.81. The maximum Gasteiger partial charge on any atom is 0.226 e. The Balaban J connectivity index is 1.83. The number of hydrogen-bond acceptors (Lipinski definition) is 3. The number of aliphatic hydroxyl groups excluding tert-OH is 1. The van der Waals surface area contributed by atoms with Crippen molar-refractivity contribution in [3.8, 4) is 5.75 Å². The summed E-state index contributed by atoms with van der Waals surface area (Å²) in [7, 11) is 1.63. The standard InChI is InChI=1S/C17H21NO3/c1-21-15-8-4-7-13(9-15)16-10-14(19)11-18(16)17(20)12-5-2-3-6-12/h2-4,7-9,12,14,16,19H,5-6,10-11H2,1H3. The first kappa shape index (κ1) is 14.1. The molecule has 0 saturated carbocycles. The summed E-state index contributed by atoms with van der Waals surface area (Å²) in [6.45, 7) is 0.428. The zero-order chi connectivity index (χ0) is 14.8. The maximum absolute atomic E-state index is 12.7. The molecule has 0 radical (unpaired) electrons. The highest BCUT2D eigenvalue weighted by molar-refractivity contribution is 5.80. The van der Waals surface area contributed by atoms with Crippen LogP contribution in [0.25, 0.3) is 0 Å². The molecule has 1 aromatic rings. The Morgan fingerprint density at radius 2 is 2.10 bits per heavy atom. The number of methoxy groups -OCH3 is 1. The number of ether oxygens (including phenoxy) is 1. The third-order valence-corrected chi connectivity index (χ3v) is 4.40. The molecule has 3 rings (SSSR count). The van der Waals surface area contributed by atoms with Gasteiger partial charge < -0.3 is 14.7 Å². The van der Waals surface area contributed by atoms with Crippen molar-refractivity contribution in [2.75, 3.05) is 13.7 Å². The van der Waals surface area contributed by atoms with Gasteiger partial charge in [-0.25, -0.2) is 0 Å². The molecule has 0 bridgehead atoms. The summed E-state index contributed by atoms with van der Waals surface area (Å²) in [6.07, 6.45) is 5.91. The number of benzene rings is 1. The van der Waals surface area contributed by atoms with Crippen LogP contribution >= 0.6 is 0 Å². The van der Waals surface area contributed by atoms with Gasteiger partial charge in [-0.1, -0.05) is 24.3 Å². The van der Waals surface area contributed by atoms with Crippen LogP contribution in [-0.2, 0) is 4.79 Å². The first-order chi connectivity index (χ1) is 10.2. The van der Waals surface area contributed by atoms with Gasteiger partial charge in [-0.3, -0.25) is 4.79 Å². The fourth-order valence-electron chi connectivity index (χ4n) is 3.28. The Morgan fingerprint density at radius 1 is 1.33 bits per heavy atom. The number of rotatable bonds is 3. The van der Waals surface area contributed by atoms with E-state index in [0.717, 1.165) is 24.2 Å². The largest absolute Gasteiger partial charge is 0.497 e. The molecule has 1 aliphatic carbocycles. The van der Waals surface area contributed by atoms with Crippen molar-refractivity contribution in [2.24, 2.45) is 5.92 Å². The highest BCUT2D eigenvalue weighted by atomic mass is 16.5. The molecule has 1 heterocycles. The fourth-order valence-corrected chi connectivity index (χ4v) is 3.28. The van der Waals surface area contributed by atoms with Crippen molar-refractivity contribution in [1.29, 1.82) is 0 Å². The normalized spacial score (nSPS) is 25.5. The minimum absolute atomic E-state index is 0.0448. The predicted octanol–water partition coefficient (Wildman–Crippen LogP) is 2.30. The lowest BCUT2D eigenvalue weighted by Crippen LogP contribution is -2.35. The smallest absolute Gasteiger partial charge is 0.226 e. The molecule has 2 unspecified atom stereocenters. The fraction of sp³-hybridized carbons (Fsp3) is 0.471. The number of nitrogens with zero attached hydrogens (tertiary/aromatic N) is 1. The van der Waals surface area contributed by atoms with Gasteiger partial charge in [0, 0.05) is 12.5 Å². The van der Waals surface area contributed by atoms with E-state index in [9.17, 15) is 9.90 Å². The van der Waals surface area contributed by atoms with Gasteiger partial charge in [-0.05, 0) is 37.0 Å². The topological polar surface area (TPSA) is 49.8 Å². The van der Waals surface area contributed by atoms with Crippen LogP contribution in [0.15, 0.2) is 36.4 Å². The third-order valence-electron chi connectivity index (χ3n) is 4.40. The molecule has 21 heavy (non-hydrogen) atoms. The molecule has 4 nitrogen and oxygen atoms in total. The number of aliphatic hydroxyl groups is 1. The summed E-state index contributed by atoms with van der Waals surface area (Å²) >= 11 is 0. The number of amides is 1. The van der Waals surface area contributed by atoms with Crippen molar-refractivity contribution >= 4 is 5.91 Å². The lowest BCUT2D eigenvalue weighted by atomic mass is 10.0. The summed E-state index contributed by atoms with van der Waals surface area (Å²) < 4.78 is 5.26. The van der Waals surface area contributed by atoms with E-state index in [1.165, 1.54) is 0 Å². The molecule has 1 aromatic carbocycles. The van der Waals surface area contributed by atoms with Crippen LogP contribution in [0.3, 0.4) is 0 Å². The number of β-amino-alcohol motifs (C(OH)–C–C–N with tert-alkyl or cyclic N) is 1. The second kappa shape index (κ2) is 5.90. The summed E-state index contributed by atoms with van der Waals surface area (Å²) in [4.78, 5) is 14.5. The SMILES string of the molecule is COc1cccc(C2CC(O)CN2C(=O)C2CC=CC2)c1. The first-order valence-electron chi connectivity index (χ1n) is 7.46. The molecule has 1 fully saturated rings. The van der Waals surface area contributed by atoms with Gasteiger partial charge in [0.15, 0.2) is 0 Å². The van der Waals surface area contributed by atoms with Gasteiger partial charge >= 0.3 is 0 Å². The highest BCUT2D eigenvalue weighted by Crippen LogP contribution is 2.36. The molecule has 0 spiro atoms. The van der Waals surface area contributed by atoms with Gasteiger partial charge in [0.2, 0.25) is 5.91 Å². The number of hydrogen-bond donors (Lipinski definition) is 1. The monoisotopic (exact) mass is 287 g/mol. The number of carbonyl (C=O) groups excluding carboxylic acids is 1. The third kappa shape index (κ3) is 2.81. The van der Waals surface area contributed by atoms with Gasteiger partial charge in [-0.2, -0.15) is 0 Å². The van der Waals surface area contributed by atoms with Crippen LogP contribution < -0.4 is 4.74 Å². The van der Waals surface area contributed by atoms with E-state index in [-0.39, 0.29) is 17.9 Å². The molecule has 112 valence electrons. The van der Waals surface area contributed by atoms with E-state index >= 15 is 0 Å². The van der Waals surface area contributed by atoms with Crippen molar-refractivity contribution in [2.45, 2.75) is 31.4 Å². The average molecular weight is 287 g/mol. The first-order valence-corrected chi connectivity index (χ1v) is 7.46. The number of likely N-dealkylation sites (tertiary alicyclic amines) is 1. The molecule has 1 saturated heterocycles. The molecular formula is C17H21NO3. The molecule has 1 aliphatic heterocycles. The van der Waals surface area contributed by atoms with Crippen LogP contribution in [0.5, 0.6) is 5.75 Å². The molecule has 1 amide bonds. The summed E-state index contributed by atoms with van der Waals surface area (Å²) in [5.41, 5.74) is 1.03. The van der Waals surface area contributed by atoms with Crippen molar-refractivity contribution < 1.29 is 14.6 Å². The predicted molar refractivity (Wildman–Crippen MR) is 79.9 cm³/mol.